The number of nitriles is 3. The highest BCUT2D eigenvalue weighted by atomic mass is 79.9. The van der Waals surface area contributed by atoms with E-state index in [4.69, 9.17) is 5.41 Å². The van der Waals surface area contributed by atoms with Crippen LogP contribution >= 0.6 is 27.3 Å². The maximum atomic E-state index is 9.86. The molecule has 0 saturated heterocycles. The Morgan fingerprint density at radius 2 is 2.04 bits per heavy atom. The SMILES string of the molecule is CN1CC=C2C(C#N)C(=N)C(C#N)(C#N)[C@@H](c3ccc(Br)s3)[C@@H]2C1. The molecule has 1 aromatic rings. The molecule has 120 valence electrons. The van der Waals surface area contributed by atoms with Gasteiger partial charge in [0, 0.05) is 29.8 Å². The van der Waals surface area contributed by atoms with Gasteiger partial charge < -0.3 is 10.3 Å². The lowest BCUT2D eigenvalue weighted by molar-refractivity contribution is 0.237. The molecular weight excluding hydrogens is 386 g/mol. The minimum Gasteiger partial charge on any atom is -0.305 e. The minimum atomic E-state index is -1.61. The summed E-state index contributed by atoms with van der Waals surface area (Å²) in [6.07, 6.45) is 1.99. The third-order valence-electron chi connectivity index (χ3n) is 4.87. The second-order valence-electron chi connectivity index (χ2n) is 6.16. The van der Waals surface area contributed by atoms with E-state index >= 15 is 0 Å². The van der Waals surface area contributed by atoms with Crippen molar-refractivity contribution in [2.24, 2.45) is 17.3 Å². The number of hydrogen-bond donors (Lipinski definition) is 1. The highest BCUT2D eigenvalue weighted by Gasteiger charge is 2.58. The summed E-state index contributed by atoms with van der Waals surface area (Å²) in [5.74, 6) is -1.34. The highest BCUT2D eigenvalue weighted by Crippen LogP contribution is 2.54. The third-order valence-corrected chi connectivity index (χ3v) is 6.58. The Balaban J connectivity index is 2.26. The molecule has 7 heteroatoms. The molecule has 1 aromatic heterocycles. The summed E-state index contributed by atoms with van der Waals surface area (Å²) in [6.45, 7) is 1.38. The average molecular weight is 400 g/mol. The van der Waals surface area contributed by atoms with Gasteiger partial charge in [-0.05, 0) is 40.7 Å². The number of hydrogen-bond acceptors (Lipinski definition) is 6. The van der Waals surface area contributed by atoms with Gasteiger partial charge in [0.05, 0.1) is 27.7 Å². The number of fused-ring (bicyclic) bond motifs is 1. The summed E-state index contributed by atoms with van der Waals surface area (Å²) in [5, 5.41) is 37.8. The van der Waals surface area contributed by atoms with Crippen molar-refractivity contribution in [2.75, 3.05) is 20.1 Å². The fourth-order valence-corrected chi connectivity index (χ4v) is 5.41. The van der Waals surface area contributed by atoms with Crippen molar-refractivity contribution >= 4 is 33.0 Å². The summed E-state index contributed by atoms with van der Waals surface area (Å²) < 4.78 is 0.922. The van der Waals surface area contributed by atoms with E-state index in [1.807, 2.05) is 25.3 Å². The Labute approximate surface area is 153 Å². The molecule has 1 saturated carbocycles. The van der Waals surface area contributed by atoms with Crippen LogP contribution in [0.4, 0.5) is 0 Å². The Morgan fingerprint density at radius 3 is 2.58 bits per heavy atom. The van der Waals surface area contributed by atoms with Gasteiger partial charge in [0.2, 0.25) is 0 Å². The van der Waals surface area contributed by atoms with Crippen LogP contribution in [0.1, 0.15) is 10.8 Å². The molecule has 0 spiro atoms. The maximum absolute atomic E-state index is 9.86. The first kappa shape index (κ1) is 16.9. The van der Waals surface area contributed by atoms with Crippen molar-refractivity contribution in [3.63, 3.8) is 0 Å². The molecule has 1 fully saturated rings. The van der Waals surface area contributed by atoms with Crippen LogP contribution < -0.4 is 0 Å². The molecule has 3 rings (SSSR count). The van der Waals surface area contributed by atoms with Gasteiger partial charge in [-0.3, -0.25) is 0 Å². The number of likely N-dealkylation sites (N-methyl/N-ethyl adjacent to an activating group) is 1. The zero-order valence-corrected chi connectivity index (χ0v) is 15.4. The van der Waals surface area contributed by atoms with Crippen LogP contribution in [0.5, 0.6) is 0 Å². The number of rotatable bonds is 1. The monoisotopic (exact) mass is 399 g/mol. The zero-order valence-electron chi connectivity index (χ0n) is 13.0. The lowest BCUT2D eigenvalue weighted by Gasteiger charge is -2.46. The van der Waals surface area contributed by atoms with Crippen molar-refractivity contribution in [1.29, 1.82) is 21.2 Å². The van der Waals surface area contributed by atoms with E-state index < -0.39 is 17.3 Å². The summed E-state index contributed by atoms with van der Waals surface area (Å²) in [7, 11) is 1.98. The van der Waals surface area contributed by atoms with Crippen LogP contribution in [0, 0.1) is 56.7 Å². The molecule has 5 nitrogen and oxygen atoms in total. The molecule has 2 aliphatic rings. The Kier molecular flexibility index (Phi) is 4.32. The number of thiophene rings is 1. The molecule has 0 bridgehead atoms. The highest BCUT2D eigenvalue weighted by molar-refractivity contribution is 9.11. The lowest BCUT2D eigenvalue weighted by Crippen LogP contribution is -2.52. The predicted molar refractivity (Wildman–Crippen MR) is 94.3 cm³/mol. The number of nitrogens with one attached hydrogen (secondary N) is 1. The van der Waals surface area contributed by atoms with E-state index in [0.29, 0.717) is 13.1 Å². The number of halogens is 1. The molecule has 0 aromatic carbocycles. The van der Waals surface area contributed by atoms with Gasteiger partial charge >= 0.3 is 0 Å². The second-order valence-corrected chi connectivity index (χ2v) is 8.65. The maximum Gasteiger partial charge on any atom is 0.190 e. The van der Waals surface area contributed by atoms with E-state index in [1.54, 1.807) is 0 Å². The van der Waals surface area contributed by atoms with Crippen LogP contribution in [0.3, 0.4) is 0 Å². The zero-order chi connectivity index (χ0) is 17.5. The fourth-order valence-electron chi connectivity index (χ4n) is 3.75. The van der Waals surface area contributed by atoms with Crippen molar-refractivity contribution in [3.8, 4) is 18.2 Å². The first-order chi connectivity index (χ1) is 11.5. The fraction of sp³-hybridized carbons (Fsp3) is 0.412. The van der Waals surface area contributed by atoms with Gasteiger partial charge in [-0.2, -0.15) is 15.8 Å². The van der Waals surface area contributed by atoms with E-state index in [9.17, 15) is 15.8 Å². The minimum absolute atomic E-state index is 0.0865. The van der Waals surface area contributed by atoms with Crippen LogP contribution in [-0.2, 0) is 0 Å². The van der Waals surface area contributed by atoms with Crippen molar-refractivity contribution in [1.82, 2.24) is 4.90 Å². The largest absolute Gasteiger partial charge is 0.305 e. The Morgan fingerprint density at radius 1 is 1.33 bits per heavy atom. The quantitative estimate of drug-likeness (QED) is 0.732. The van der Waals surface area contributed by atoms with E-state index in [1.165, 1.54) is 11.3 Å². The molecule has 24 heavy (non-hydrogen) atoms. The molecule has 1 aliphatic carbocycles. The van der Waals surface area contributed by atoms with Crippen LogP contribution in [-0.4, -0.2) is 30.7 Å². The molecule has 3 atom stereocenters. The Bertz CT molecular complexity index is 836. The first-order valence-corrected chi connectivity index (χ1v) is 9.04. The second kappa shape index (κ2) is 6.15. The normalized spacial score (nSPS) is 28.9. The third kappa shape index (κ3) is 2.31. The van der Waals surface area contributed by atoms with Gasteiger partial charge in [-0.25, -0.2) is 0 Å². The van der Waals surface area contributed by atoms with Crippen LogP contribution in [0.25, 0.3) is 0 Å². The molecule has 0 amide bonds. The first-order valence-electron chi connectivity index (χ1n) is 7.43. The molecule has 1 unspecified atom stereocenters. The van der Waals surface area contributed by atoms with Gasteiger partial charge in [-0.1, -0.05) is 6.08 Å². The topological polar surface area (TPSA) is 98.5 Å². The van der Waals surface area contributed by atoms with Crippen LogP contribution in [0.2, 0.25) is 0 Å². The number of nitrogens with zero attached hydrogens (tertiary/aromatic N) is 4. The lowest BCUT2D eigenvalue weighted by atomic mass is 9.55. The molecule has 1 aliphatic heterocycles. The molecular formula is C17H14BrN5S. The predicted octanol–water partition coefficient (Wildman–Crippen LogP) is 3.29. The van der Waals surface area contributed by atoms with Gasteiger partial charge in [0.1, 0.15) is 5.92 Å². The van der Waals surface area contributed by atoms with Gasteiger partial charge in [-0.15, -0.1) is 11.3 Å². The van der Waals surface area contributed by atoms with Crippen molar-refractivity contribution in [3.05, 3.63) is 32.4 Å². The van der Waals surface area contributed by atoms with E-state index in [0.717, 1.165) is 14.2 Å². The Hall–Kier alpha value is -1.98. The molecule has 0 radical (unpaired) electrons. The van der Waals surface area contributed by atoms with Crippen molar-refractivity contribution in [2.45, 2.75) is 5.92 Å². The van der Waals surface area contributed by atoms with Gasteiger partial charge in [0.25, 0.3) is 0 Å². The van der Waals surface area contributed by atoms with E-state index in [2.05, 4.69) is 39.0 Å². The summed E-state index contributed by atoms with van der Waals surface area (Å²) in [6, 6.07) is 10.2. The van der Waals surface area contributed by atoms with E-state index in [-0.39, 0.29) is 11.6 Å². The smallest absolute Gasteiger partial charge is 0.190 e. The average Bonchev–Trinajstić information content (AvgIpc) is 3.00. The molecule has 2 heterocycles. The van der Waals surface area contributed by atoms with Crippen LogP contribution in [0.15, 0.2) is 27.6 Å². The summed E-state index contributed by atoms with van der Waals surface area (Å²) in [5.41, 5.74) is -0.807. The summed E-state index contributed by atoms with van der Waals surface area (Å²) >= 11 is 4.93. The summed E-state index contributed by atoms with van der Waals surface area (Å²) in [4.78, 5) is 3.02. The molecule has 1 N–H and O–H groups in total. The standard InChI is InChI=1S/C17H14BrN5S/c1-23-5-4-10-11(6-19)16(22)17(8-20,9-21)15(12(10)7-23)13-2-3-14(18)24-13/h2-4,11-12,15,22H,5,7H2,1H3/t11?,12-,15-/m1/s1. The van der Waals surface area contributed by atoms with Crippen molar-refractivity contribution < 1.29 is 0 Å². The van der Waals surface area contributed by atoms with Gasteiger partial charge in [0.15, 0.2) is 5.41 Å².